The Labute approximate surface area is 211 Å². The molecule has 0 heteroatoms. The third-order valence-electron chi connectivity index (χ3n) is 10.3. The van der Waals surface area contributed by atoms with Gasteiger partial charge in [0.05, 0.1) is 10.8 Å². The van der Waals surface area contributed by atoms with Crippen LogP contribution in [0.2, 0.25) is 0 Å². The molecule has 1 saturated carbocycles. The van der Waals surface area contributed by atoms with E-state index < -0.39 is 0 Å². The molecule has 3 spiro atoms. The SMILES string of the molecule is C=Cc1cccc2c1/C(=C\C)C13c4ccccc4-c4ccccc4C14c1cccc5c1=C(CCC=5)C234. The molecule has 5 aliphatic rings. The highest BCUT2D eigenvalue weighted by atomic mass is 14.9. The van der Waals surface area contributed by atoms with Gasteiger partial charge in [-0.3, -0.25) is 0 Å². The van der Waals surface area contributed by atoms with Crippen molar-refractivity contribution in [1.82, 2.24) is 0 Å². The van der Waals surface area contributed by atoms with Crippen LogP contribution in [0.15, 0.2) is 97.6 Å². The smallest absolute Gasteiger partial charge is 0.0511 e. The average Bonchev–Trinajstić information content (AvgIpc) is 3.28. The van der Waals surface area contributed by atoms with Gasteiger partial charge in [-0.05, 0) is 85.9 Å². The molecule has 0 N–H and O–H groups in total. The normalized spacial score (nSPS) is 29.7. The first-order valence-electron chi connectivity index (χ1n) is 13.3. The second-order valence-corrected chi connectivity index (χ2v) is 11.0. The minimum absolute atomic E-state index is 0.0917. The van der Waals surface area contributed by atoms with Gasteiger partial charge in [-0.15, -0.1) is 0 Å². The second-order valence-electron chi connectivity index (χ2n) is 11.0. The summed E-state index contributed by atoms with van der Waals surface area (Å²) in [6.45, 7) is 6.50. The van der Waals surface area contributed by atoms with Gasteiger partial charge >= 0.3 is 0 Å². The van der Waals surface area contributed by atoms with Gasteiger partial charge in [-0.2, -0.15) is 0 Å². The zero-order valence-corrected chi connectivity index (χ0v) is 20.4. The summed E-state index contributed by atoms with van der Waals surface area (Å²) in [5.41, 5.74) is 14.4. The van der Waals surface area contributed by atoms with E-state index in [1.807, 2.05) is 0 Å². The highest BCUT2D eigenvalue weighted by molar-refractivity contribution is 6.12. The number of allylic oxidation sites excluding steroid dienone is 2. The quantitative estimate of drug-likeness (QED) is 0.300. The molecule has 0 saturated heterocycles. The van der Waals surface area contributed by atoms with E-state index in [-0.39, 0.29) is 16.2 Å². The van der Waals surface area contributed by atoms with E-state index >= 15 is 0 Å². The number of benzene rings is 4. The van der Waals surface area contributed by atoms with Gasteiger partial charge in [0.1, 0.15) is 0 Å². The Kier molecular flexibility index (Phi) is 3.16. The van der Waals surface area contributed by atoms with Crippen LogP contribution in [0.1, 0.15) is 53.1 Å². The lowest BCUT2D eigenvalue weighted by molar-refractivity contribution is 0.703. The highest BCUT2D eigenvalue weighted by Gasteiger charge is 2.96. The van der Waals surface area contributed by atoms with Crippen molar-refractivity contribution in [2.75, 3.05) is 0 Å². The maximum Gasteiger partial charge on any atom is 0.0511 e. The fraction of sp³-hybridized carbons (Fsp3) is 0.167. The molecule has 3 atom stereocenters. The number of rotatable bonds is 1. The van der Waals surface area contributed by atoms with Crippen LogP contribution < -0.4 is 10.4 Å². The molecule has 170 valence electrons. The number of hydrogen-bond acceptors (Lipinski definition) is 0. The van der Waals surface area contributed by atoms with Crippen molar-refractivity contribution >= 4 is 23.3 Å². The van der Waals surface area contributed by atoms with E-state index in [0.29, 0.717) is 0 Å². The van der Waals surface area contributed by atoms with Crippen LogP contribution in [-0.4, -0.2) is 0 Å². The molecule has 0 nitrogen and oxygen atoms in total. The number of hydrogen-bond donors (Lipinski definition) is 0. The van der Waals surface area contributed by atoms with Gasteiger partial charge in [0.2, 0.25) is 0 Å². The van der Waals surface area contributed by atoms with Crippen molar-refractivity contribution in [3.8, 4) is 11.1 Å². The van der Waals surface area contributed by atoms with Gasteiger partial charge in [-0.1, -0.05) is 110 Å². The summed E-state index contributed by atoms with van der Waals surface area (Å²) in [6, 6.07) is 32.7. The summed E-state index contributed by atoms with van der Waals surface area (Å²) in [6.07, 6.45) is 9.22. The Hall–Kier alpha value is -3.90. The molecule has 4 aromatic carbocycles. The van der Waals surface area contributed by atoms with Gasteiger partial charge in [0.15, 0.2) is 0 Å². The van der Waals surface area contributed by atoms with E-state index in [0.717, 1.165) is 12.8 Å². The van der Waals surface area contributed by atoms with Crippen LogP contribution in [0.3, 0.4) is 0 Å². The molecule has 0 heterocycles. The first kappa shape index (κ1) is 19.3. The minimum atomic E-state index is -0.126. The molecule has 3 unspecified atom stereocenters. The van der Waals surface area contributed by atoms with E-state index in [1.165, 1.54) is 49.7 Å². The van der Waals surface area contributed by atoms with Gasteiger partial charge in [0, 0.05) is 5.41 Å². The Morgan fingerprint density at radius 1 is 0.694 bits per heavy atom. The lowest BCUT2D eigenvalue weighted by Gasteiger charge is -2.37. The van der Waals surface area contributed by atoms with E-state index in [2.05, 4.69) is 117 Å². The van der Waals surface area contributed by atoms with E-state index in [9.17, 15) is 0 Å². The Balaban J connectivity index is 1.61. The van der Waals surface area contributed by atoms with Crippen LogP contribution in [0.5, 0.6) is 0 Å². The molecule has 5 aliphatic carbocycles. The van der Waals surface area contributed by atoms with Crippen molar-refractivity contribution in [3.05, 3.63) is 141 Å². The largest absolute Gasteiger partial charge is 0.0984 e. The van der Waals surface area contributed by atoms with Crippen LogP contribution >= 0.6 is 0 Å². The summed E-state index contributed by atoms with van der Waals surface area (Å²) in [4.78, 5) is 0. The van der Waals surface area contributed by atoms with Crippen LogP contribution in [0.4, 0.5) is 0 Å². The van der Waals surface area contributed by atoms with Crippen molar-refractivity contribution in [2.24, 2.45) is 0 Å². The zero-order chi connectivity index (χ0) is 23.9. The molecule has 1 fully saturated rings. The summed E-state index contributed by atoms with van der Waals surface area (Å²) < 4.78 is 0. The van der Waals surface area contributed by atoms with Gasteiger partial charge < -0.3 is 0 Å². The molecule has 0 bridgehead atoms. The molecule has 9 rings (SSSR count). The molecule has 0 radical (unpaired) electrons. The van der Waals surface area contributed by atoms with Crippen molar-refractivity contribution in [3.63, 3.8) is 0 Å². The maximum absolute atomic E-state index is 4.25. The van der Waals surface area contributed by atoms with Crippen LogP contribution in [-0.2, 0) is 16.2 Å². The lowest BCUT2D eigenvalue weighted by Crippen LogP contribution is -2.39. The second kappa shape index (κ2) is 5.90. The lowest BCUT2D eigenvalue weighted by atomic mass is 9.64. The molecule has 0 aromatic heterocycles. The van der Waals surface area contributed by atoms with Gasteiger partial charge in [-0.25, -0.2) is 0 Å². The third-order valence-corrected chi connectivity index (χ3v) is 10.3. The fourth-order valence-electron chi connectivity index (χ4n) is 9.74. The molecule has 36 heavy (non-hydrogen) atoms. The van der Waals surface area contributed by atoms with E-state index in [1.54, 1.807) is 16.4 Å². The molecular weight excluding hydrogens is 432 g/mol. The van der Waals surface area contributed by atoms with Crippen molar-refractivity contribution < 1.29 is 0 Å². The average molecular weight is 459 g/mol. The highest BCUT2D eigenvalue weighted by Crippen LogP contribution is 2.94. The van der Waals surface area contributed by atoms with Crippen LogP contribution in [0, 0.1) is 0 Å². The molecule has 4 aromatic rings. The summed E-state index contributed by atoms with van der Waals surface area (Å²) in [7, 11) is 0. The zero-order valence-electron chi connectivity index (χ0n) is 20.4. The first-order chi connectivity index (χ1) is 17.8. The predicted octanol–water partition coefficient (Wildman–Crippen LogP) is 6.64. The standard InChI is InChI=1S/C36H26/c1-3-22-12-9-19-29-32(22)26(4-2)34-27-17-7-5-15-24(27)25-16-6-8-18-28(25)35(34)30-20-10-13-23-14-11-21-31(33(23)30)36(29,34)35/h3-10,12-20H,1,11,21H2,2H3/b26-4+. The third kappa shape index (κ3) is 1.53. The molecule has 0 amide bonds. The maximum atomic E-state index is 4.25. The monoisotopic (exact) mass is 458 g/mol. The summed E-state index contributed by atoms with van der Waals surface area (Å²) in [5, 5.41) is 2.98. The first-order valence-corrected chi connectivity index (χ1v) is 13.3. The Bertz CT molecular complexity index is 1880. The van der Waals surface area contributed by atoms with Crippen molar-refractivity contribution in [1.29, 1.82) is 0 Å². The Morgan fingerprint density at radius 2 is 1.36 bits per heavy atom. The molecule has 0 aliphatic heterocycles. The van der Waals surface area contributed by atoms with Crippen molar-refractivity contribution in [2.45, 2.75) is 36.0 Å². The summed E-state index contributed by atoms with van der Waals surface area (Å²) >= 11 is 0. The minimum Gasteiger partial charge on any atom is -0.0984 e. The fourth-order valence-corrected chi connectivity index (χ4v) is 9.74. The van der Waals surface area contributed by atoms with Gasteiger partial charge in [0.25, 0.3) is 0 Å². The number of fused-ring (bicyclic) bond motifs is 4. The summed E-state index contributed by atoms with van der Waals surface area (Å²) in [5.74, 6) is 0. The predicted molar refractivity (Wildman–Crippen MR) is 149 cm³/mol. The Morgan fingerprint density at radius 3 is 2.11 bits per heavy atom. The van der Waals surface area contributed by atoms with E-state index in [4.69, 9.17) is 0 Å². The topological polar surface area (TPSA) is 0 Å². The van der Waals surface area contributed by atoms with Crippen LogP contribution in [0.25, 0.3) is 34.4 Å². The molecular formula is C36H26.